The molecule has 3 aromatic rings. The number of nitrogens with zero attached hydrogens (tertiary/aromatic N) is 3. The largest absolute Gasteiger partial charge is 0.365 e. The number of H-pyrrole nitrogens is 1. The molecule has 0 radical (unpaired) electrons. The molecule has 0 bridgehead atoms. The lowest BCUT2D eigenvalue weighted by atomic mass is 10.0. The van der Waals surface area contributed by atoms with Crippen molar-refractivity contribution in [2.45, 2.75) is 19.3 Å². The van der Waals surface area contributed by atoms with Crippen LogP contribution in [0.4, 0.5) is 5.69 Å². The number of aryl methyl sites for hydroxylation is 1. The summed E-state index contributed by atoms with van der Waals surface area (Å²) in [5.41, 5.74) is 7.67. The molecule has 0 saturated carbocycles. The molecule has 132 valence electrons. The van der Waals surface area contributed by atoms with Gasteiger partial charge in [-0.25, -0.2) is 9.50 Å². The van der Waals surface area contributed by atoms with Crippen LogP contribution in [-0.2, 0) is 4.79 Å². The molecule has 1 atom stereocenters. The van der Waals surface area contributed by atoms with Crippen LogP contribution in [0.25, 0.3) is 5.65 Å². The Morgan fingerprint density at radius 3 is 2.81 bits per heavy atom. The highest BCUT2D eigenvalue weighted by Gasteiger charge is 2.33. The van der Waals surface area contributed by atoms with Crippen LogP contribution < -0.4 is 16.2 Å². The van der Waals surface area contributed by atoms with Crippen LogP contribution in [0.5, 0.6) is 0 Å². The first kappa shape index (κ1) is 16.1. The van der Waals surface area contributed by atoms with Gasteiger partial charge in [-0.15, -0.1) is 0 Å². The highest BCUT2D eigenvalue weighted by Crippen LogP contribution is 2.32. The lowest BCUT2D eigenvalue weighted by Gasteiger charge is -2.19. The molecule has 26 heavy (non-hydrogen) atoms. The first-order valence-corrected chi connectivity index (χ1v) is 8.22. The molecule has 0 unspecified atom stereocenters. The number of aromatic nitrogens is 3. The van der Waals surface area contributed by atoms with Gasteiger partial charge >= 0.3 is 0 Å². The van der Waals surface area contributed by atoms with Crippen LogP contribution in [0.3, 0.4) is 0 Å². The fourth-order valence-corrected chi connectivity index (χ4v) is 3.39. The molecule has 2 aromatic heterocycles. The van der Waals surface area contributed by atoms with Crippen molar-refractivity contribution in [1.82, 2.24) is 14.6 Å². The Hall–Kier alpha value is -3.42. The van der Waals surface area contributed by atoms with Gasteiger partial charge in [0.2, 0.25) is 5.91 Å². The number of amides is 2. The zero-order valence-corrected chi connectivity index (χ0v) is 14.1. The van der Waals surface area contributed by atoms with Crippen molar-refractivity contribution in [2.75, 3.05) is 11.4 Å². The van der Waals surface area contributed by atoms with Crippen LogP contribution >= 0.6 is 0 Å². The van der Waals surface area contributed by atoms with Gasteiger partial charge in [0.05, 0.1) is 5.69 Å². The van der Waals surface area contributed by atoms with E-state index in [2.05, 4.69) is 10.1 Å². The minimum atomic E-state index is -0.670. The van der Waals surface area contributed by atoms with E-state index in [9.17, 15) is 14.4 Å². The Morgan fingerprint density at radius 1 is 1.31 bits per heavy atom. The first-order valence-electron chi connectivity index (χ1n) is 8.22. The molecule has 1 aliphatic rings. The predicted molar refractivity (Wildman–Crippen MR) is 95.2 cm³/mol. The topological polar surface area (TPSA) is 114 Å². The summed E-state index contributed by atoms with van der Waals surface area (Å²) in [6.07, 6.45) is 1.61. The second kappa shape index (κ2) is 5.83. The Kier molecular flexibility index (Phi) is 3.61. The predicted octanol–water partition coefficient (Wildman–Crippen LogP) is 0.950. The van der Waals surface area contributed by atoms with Crippen LogP contribution in [0.15, 0.2) is 41.3 Å². The van der Waals surface area contributed by atoms with Crippen LogP contribution in [0, 0.1) is 6.92 Å². The van der Waals surface area contributed by atoms with E-state index in [1.807, 2.05) is 31.2 Å². The Morgan fingerprint density at radius 2 is 2.08 bits per heavy atom. The summed E-state index contributed by atoms with van der Waals surface area (Å²) in [4.78, 5) is 42.5. The normalized spacial score (nSPS) is 17.2. The lowest BCUT2D eigenvalue weighted by molar-refractivity contribution is -0.117. The number of carbonyl (C=O) groups is 2. The summed E-state index contributed by atoms with van der Waals surface area (Å²) >= 11 is 0. The van der Waals surface area contributed by atoms with E-state index in [4.69, 9.17) is 5.73 Å². The number of nitrogens with one attached hydrogen (secondary N) is 1. The fraction of sp³-hybridized carbons (Fsp3) is 0.222. The van der Waals surface area contributed by atoms with Gasteiger partial charge in [-0.2, -0.15) is 0 Å². The molecule has 4 rings (SSSR count). The monoisotopic (exact) mass is 351 g/mol. The standard InChI is InChI=1S/C18H17N5O3/c1-10-4-2-3-5-14(10)22-9-11(6-15(22)24)13-7-16(25)23-18(21-13)12(8-20-23)17(19)26/h2-5,7-8,11,20H,6,9H2,1H3,(H2,19,26)/t11-/m1/s1. The molecule has 2 amide bonds. The number of rotatable bonds is 3. The third kappa shape index (κ3) is 2.46. The number of carbonyl (C=O) groups excluding carboxylic acids is 2. The van der Waals surface area contributed by atoms with Crippen molar-refractivity contribution in [3.8, 4) is 0 Å². The quantitative estimate of drug-likeness (QED) is 0.731. The summed E-state index contributed by atoms with van der Waals surface area (Å²) in [5, 5.41) is 2.67. The minimum absolute atomic E-state index is 0.0181. The molecule has 1 aliphatic heterocycles. The van der Waals surface area contributed by atoms with Crippen LogP contribution in [0.1, 0.15) is 34.0 Å². The summed E-state index contributed by atoms with van der Waals surface area (Å²) in [7, 11) is 0. The minimum Gasteiger partial charge on any atom is -0.365 e. The maximum atomic E-state index is 12.5. The molecule has 8 heteroatoms. The second-order valence-electron chi connectivity index (χ2n) is 6.42. The van der Waals surface area contributed by atoms with E-state index < -0.39 is 5.91 Å². The third-order valence-electron chi connectivity index (χ3n) is 4.73. The van der Waals surface area contributed by atoms with E-state index in [1.54, 1.807) is 4.90 Å². The average Bonchev–Trinajstić information content (AvgIpc) is 3.19. The number of fused-ring (bicyclic) bond motifs is 1. The average molecular weight is 351 g/mol. The van der Waals surface area contributed by atoms with Crippen molar-refractivity contribution in [1.29, 1.82) is 0 Å². The zero-order chi connectivity index (χ0) is 18.4. The molecule has 1 saturated heterocycles. The first-order chi connectivity index (χ1) is 12.5. The maximum absolute atomic E-state index is 12.5. The van der Waals surface area contributed by atoms with Gasteiger partial charge in [0.25, 0.3) is 11.5 Å². The van der Waals surface area contributed by atoms with Crippen molar-refractivity contribution in [3.63, 3.8) is 0 Å². The molecule has 3 N–H and O–H groups in total. The lowest BCUT2D eigenvalue weighted by Crippen LogP contribution is -2.25. The van der Waals surface area contributed by atoms with Crippen molar-refractivity contribution in [3.05, 3.63) is 63.7 Å². The van der Waals surface area contributed by atoms with E-state index >= 15 is 0 Å². The van der Waals surface area contributed by atoms with Crippen LogP contribution in [-0.4, -0.2) is 33.0 Å². The van der Waals surface area contributed by atoms with E-state index in [0.717, 1.165) is 11.3 Å². The number of hydrogen-bond donors (Lipinski definition) is 2. The second-order valence-corrected chi connectivity index (χ2v) is 6.42. The third-order valence-corrected chi connectivity index (χ3v) is 4.73. The molecule has 3 heterocycles. The zero-order valence-electron chi connectivity index (χ0n) is 14.1. The molecule has 0 aliphatic carbocycles. The van der Waals surface area contributed by atoms with Gasteiger partial charge in [0.1, 0.15) is 5.56 Å². The molecular formula is C18H17N5O3. The van der Waals surface area contributed by atoms with Crippen molar-refractivity contribution >= 4 is 23.1 Å². The molecule has 1 fully saturated rings. The van der Waals surface area contributed by atoms with Gasteiger partial charge < -0.3 is 10.6 Å². The highest BCUT2D eigenvalue weighted by atomic mass is 16.2. The van der Waals surface area contributed by atoms with Gasteiger partial charge in [-0.3, -0.25) is 19.5 Å². The Bertz CT molecular complexity index is 1100. The van der Waals surface area contributed by atoms with E-state index in [-0.39, 0.29) is 35.0 Å². The van der Waals surface area contributed by atoms with Gasteiger partial charge in [0.15, 0.2) is 5.65 Å². The summed E-state index contributed by atoms with van der Waals surface area (Å²) < 4.78 is 1.17. The van der Waals surface area contributed by atoms with Gasteiger partial charge in [0, 0.05) is 36.8 Å². The number of primary amides is 1. The van der Waals surface area contributed by atoms with Crippen molar-refractivity contribution < 1.29 is 9.59 Å². The van der Waals surface area contributed by atoms with Crippen LogP contribution in [0.2, 0.25) is 0 Å². The SMILES string of the molecule is Cc1ccccc1N1C[C@H](c2cc(=O)n3[nH]cc(C(N)=O)c3n2)CC1=O. The Labute approximate surface area is 148 Å². The van der Waals surface area contributed by atoms with Gasteiger partial charge in [-0.05, 0) is 18.6 Å². The molecular weight excluding hydrogens is 334 g/mol. The Balaban J connectivity index is 1.74. The van der Waals surface area contributed by atoms with E-state index in [0.29, 0.717) is 12.2 Å². The fourth-order valence-electron chi connectivity index (χ4n) is 3.39. The molecule has 8 nitrogen and oxygen atoms in total. The summed E-state index contributed by atoms with van der Waals surface area (Å²) in [6.45, 7) is 2.38. The van der Waals surface area contributed by atoms with Crippen molar-refractivity contribution in [2.24, 2.45) is 5.73 Å². The molecule has 1 aromatic carbocycles. The van der Waals surface area contributed by atoms with Gasteiger partial charge in [-0.1, -0.05) is 18.2 Å². The van der Waals surface area contributed by atoms with E-state index in [1.165, 1.54) is 16.8 Å². The summed E-state index contributed by atoms with van der Waals surface area (Å²) in [6, 6.07) is 9.06. The number of hydrogen-bond acceptors (Lipinski definition) is 4. The highest BCUT2D eigenvalue weighted by molar-refractivity contribution is 5.99. The molecule has 0 spiro atoms. The number of para-hydroxylation sites is 1. The number of anilines is 1. The number of nitrogens with two attached hydrogens (primary N) is 1. The smallest absolute Gasteiger partial charge is 0.272 e. The number of aromatic amines is 1. The summed E-state index contributed by atoms with van der Waals surface area (Å²) in [5.74, 6) is -0.914. The maximum Gasteiger partial charge on any atom is 0.272 e. The number of benzene rings is 1.